The second-order valence-corrected chi connectivity index (χ2v) is 5.47. The van der Waals surface area contributed by atoms with Crippen LogP contribution in [-0.2, 0) is 11.2 Å². The second kappa shape index (κ2) is 5.61. The first-order valence-corrected chi connectivity index (χ1v) is 6.83. The lowest BCUT2D eigenvalue weighted by atomic mass is 10.1. The number of rotatable bonds is 4. The Morgan fingerprint density at radius 1 is 1.47 bits per heavy atom. The van der Waals surface area contributed by atoms with Gasteiger partial charge in [-0.3, -0.25) is 4.79 Å². The van der Waals surface area contributed by atoms with Crippen molar-refractivity contribution in [2.45, 2.75) is 26.3 Å². The molecule has 1 aromatic rings. The van der Waals surface area contributed by atoms with E-state index in [2.05, 4.69) is 29.4 Å². The topological polar surface area (TPSA) is 35.6 Å². The van der Waals surface area contributed by atoms with Crippen LogP contribution in [-0.4, -0.2) is 39.1 Å². The maximum absolute atomic E-state index is 12.1. The van der Waals surface area contributed by atoms with Gasteiger partial charge >= 0.3 is 0 Å². The molecular formula is C15H23N3O. The zero-order chi connectivity index (χ0) is 14.0. The van der Waals surface area contributed by atoms with Crippen molar-refractivity contribution in [2.24, 2.45) is 0 Å². The second-order valence-electron chi connectivity index (χ2n) is 5.47. The van der Waals surface area contributed by atoms with Gasteiger partial charge in [0.2, 0.25) is 5.91 Å². The molecule has 2 rings (SSSR count). The molecule has 1 aliphatic heterocycles. The van der Waals surface area contributed by atoms with Gasteiger partial charge < -0.3 is 15.1 Å². The van der Waals surface area contributed by atoms with Gasteiger partial charge in [-0.2, -0.15) is 0 Å². The molecule has 0 radical (unpaired) electrons. The molecule has 4 nitrogen and oxygen atoms in total. The minimum absolute atomic E-state index is 0.0919. The van der Waals surface area contributed by atoms with Crippen molar-refractivity contribution in [3.63, 3.8) is 0 Å². The quantitative estimate of drug-likeness (QED) is 0.895. The summed E-state index contributed by atoms with van der Waals surface area (Å²) in [6, 6.07) is 6.60. The number of nitrogens with zero attached hydrogens (tertiary/aromatic N) is 2. The number of hydrogen-bond acceptors (Lipinski definition) is 3. The Balaban J connectivity index is 2.09. The summed E-state index contributed by atoms with van der Waals surface area (Å²) >= 11 is 0. The lowest BCUT2D eigenvalue weighted by molar-refractivity contribution is -0.117. The van der Waals surface area contributed by atoms with E-state index in [9.17, 15) is 4.79 Å². The summed E-state index contributed by atoms with van der Waals surface area (Å²) in [7, 11) is 3.93. The largest absolute Gasteiger partial charge is 0.374 e. The zero-order valence-electron chi connectivity index (χ0n) is 12.2. The normalized spacial score (nSPS) is 13.8. The van der Waals surface area contributed by atoms with Gasteiger partial charge in [0.25, 0.3) is 0 Å². The third kappa shape index (κ3) is 3.07. The van der Waals surface area contributed by atoms with Gasteiger partial charge in [0.05, 0.1) is 6.54 Å². The van der Waals surface area contributed by atoms with Crippen LogP contribution in [0.1, 0.15) is 19.4 Å². The minimum Gasteiger partial charge on any atom is -0.374 e. The number of anilines is 2. The highest BCUT2D eigenvalue weighted by Crippen LogP contribution is 2.30. The highest BCUT2D eigenvalue weighted by molar-refractivity contribution is 5.95. The van der Waals surface area contributed by atoms with E-state index in [1.807, 2.05) is 27.0 Å². The summed E-state index contributed by atoms with van der Waals surface area (Å²) in [5.74, 6) is 0.0919. The van der Waals surface area contributed by atoms with E-state index in [0.29, 0.717) is 12.6 Å². The predicted octanol–water partition coefficient (Wildman–Crippen LogP) is 1.64. The van der Waals surface area contributed by atoms with Gasteiger partial charge in [-0.15, -0.1) is 0 Å². The van der Waals surface area contributed by atoms with Crippen molar-refractivity contribution < 1.29 is 4.79 Å². The van der Waals surface area contributed by atoms with Crippen LogP contribution in [0, 0.1) is 0 Å². The van der Waals surface area contributed by atoms with Gasteiger partial charge in [0, 0.05) is 38.1 Å². The SMILES string of the molecule is CC(C)NCC(=O)N(C)c1ccc2c(c1)N(C)CC2. The number of carbonyl (C=O) groups excluding carboxylic acids is 1. The maximum Gasteiger partial charge on any atom is 0.240 e. The number of likely N-dealkylation sites (N-methyl/N-ethyl adjacent to an activating group) is 2. The molecule has 104 valence electrons. The van der Waals surface area contributed by atoms with Crippen molar-refractivity contribution in [1.29, 1.82) is 0 Å². The maximum atomic E-state index is 12.1. The predicted molar refractivity (Wildman–Crippen MR) is 80.0 cm³/mol. The van der Waals surface area contributed by atoms with Crippen LogP contribution in [0.15, 0.2) is 18.2 Å². The number of benzene rings is 1. The van der Waals surface area contributed by atoms with Crippen LogP contribution >= 0.6 is 0 Å². The lowest BCUT2D eigenvalue weighted by Crippen LogP contribution is -2.38. The Morgan fingerprint density at radius 2 is 2.21 bits per heavy atom. The summed E-state index contributed by atoms with van der Waals surface area (Å²) < 4.78 is 0. The molecule has 1 N–H and O–H groups in total. The number of amides is 1. The molecule has 1 aromatic carbocycles. The Labute approximate surface area is 115 Å². The van der Waals surface area contributed by atoms with E-state index in [4.69, 9.17) is 0 Å². The van der Waals surface area contributed by atoms with Crippen LogP contribution in [0.2, 0.25) is 0 Å². The fourth-order valence-electron chi connectivity index (χ4n) is 2.29. The fraction of sp³-hybridized carbons (Fsp3) is 0.533. The van der Waals surface area contributed by atoms with Crippen LogP contribution in [0.25, 0.3) is 0 Å². The third-order valence-corrected chi connectivity index (χ3v) is 3.62. The van der Waals surface area contributed by atoms with E-state index < -0.39 is 0 Å². The van der Waals surface area contributed by atoms with Crippen molar-refractivity contribution in [3.05, 3.63) is 23.8 Å². The molecule has 19 heavy (non-hydrogen) atoms. The zero-order valence-corrected chi connectivity index (χ0v) is 12.2. The summed E-state index contributed by atoms with van der Waals surface area (Å²) in [5, 5.41) is 3.16. The van der Waals surface area contributed by atoms with Gasteiger partial charge in [0.1, 0.15) is 0 Å². The van der Waals surface area contributed by atoms with Crippen molar-refractivity contribution in [3.8, 4) is 0 Å². The first-order valence-electron chi connectivity index (χ1n) is 6.83. The highest BCUT2D eigenvalue weighted by Gasteiger charge is 2.18. The van der Waals surface area contributed by atoms with E-state index in [1.165, 1.54) is 11.3 Å². The Morgan fingerprint density at radius 3 is 2.89 bits per heavy atom. The molecule has 0 saturated carbocycles. The summed E-state index contributed by atoms with van der Waals surface area (Å²) in [6.45, 7) is 5.52. The molecule has 1 aliphatic rings. The van der Waals surface area contributed by atoms with Crippen molar-refractivity contribution in [1.82, 2.24) is 5.32 Å². The molecule has 0 aliphatic carbocycles. The third-order valence-electron chi connectivity index (χ3n) is 3.62. The summed E-state index contributed by atoms with van der Waals surface area (Å²) in [4.78, 5) is 16.0. The van der Waals surface area contributed by atoms with E-state index in [0.717, 1.165) is 18.7 Å². The highest BCUT2D eigenvalue weighted by atomic mass is 16.2. The van der Waals surface area contributed by atoms with E-state index >= 15 is 0 Å². The molecule has 0 bridgehead atoms. The van der Waals surface area contributed by atoms with Crippen LogP contribution in [0.5, 0.6) is 0 Å². The van der Waals surface area contributed by atoms with Crippen molar-refractivity contribution >= 4 is 17.3 Å². The van der Waals surface area contributed by atoms with Crippen molar-refractivity contribution in [2.75, 3.05) is 37.0 Å². The standard InChI is InChI=1S/C15H23N3O/c1-11(2)16-10-15(19)18(4)13-6-5-12-7-8-17(3)14(12)9-13/h5-6,9,11,16H,7-8,10H2,1-4H3. The van der Waals surface area contributed by atoms with Gasteiger partial charge in [-0.25, -0.2) is 0 Å². The summed E-state index contributed by atoms with van der Waals surface area (Å²) in [5.41, 5.74) is 3.57. The Bertz CT molecular complexity index is 470. The van der Waals surface area contributed by atoms with E-state index in [-0.39, 0.29) is 5.91 Å². The number of fused-ring (bicyclic) bond motifs is 1. The molecule has 0 spiro atoms. The molecule has 4 heteroatoms. The molecule has 0 unspecified atom stereocenters. The van der Waals surface area contributed by atoms with E-state index in [1.54, 1.807) is 4.90 Å². The average molecular weight is 261 g/mol. The monoisotopic (exact) mass is 261 g/mol. The fourth-order valence-corrected chi connectivity index (χ4v) is 2.29. The van der Waals surface area contributed by atoms with Gasteiger partial charge in [-0.05, 0) is 24.1 Å². The van der Waals surface area contributed by atoms with Crippen LogP contribution < -0.4 is 15.1 Å². The first kappa shape index (κ1) is 13.9. The Kier molecular flexibility index (Phi) is 4.10. The molecule has 0 aromatic heterocycles. The number of hydrogen-bond donors (Lipinski definition) is 1. The number of carbonyl (C=O) groups is 1. The van der Waals surface area contributed by atoms with Gasteiger partial charge in [0.15, 0.2) is 0 Å². The first-order chi connectivity index (χ1) is 8.99. The molecule has 1 amide bonds. The summed E-state index contributed by atoms with van der Waals surface area (Å²) in [6.07, 6.45) is 1.10. The van der Waals surface area contributed by atoms with Crippen LogP contribution in [0.4, 0.5) is 11.4 Å². The number of nitrogens with one attached hydrogen (secondary N) is 1. The Hall–Kier alpha value is -1.55. The molecule has 0 fully saturated rings. The molecule has 1 heterocycles. The van der Waals surface area contributed by atoms with Gasteiger partial charge in [-0.1, -0.05) is 19.9 Å². The van der Waals surface area contributed by atoms with Crippen LogP contribution in [0.3, 0.4) is 0 Å². The molecule has 0 saturated heterocycles. The molecule has 0 atom stereocenters. The minimum atomic E-state index is 0.0919. The average Bonchev–Trinajstić information content (AvgIpc) is 2.76. The smallest absolute Gasteiger partial charge is 0.240 e. The lowest BCUT2D eigenvalue weighted by Gasteiger charge is -2.21. The molecular weight excluding hydrogens is 238 g/mol.